The predicted octanol–water partition coefficient (Wildman–Crippen LogP) is 5.06. The van der Waals surface area contributed by atoms with Gasteiger partial charge in [-0.2, -0.15) is 0 Å². The predicted molar refractivity (Wildman–Crippen MR) is 107 cm³/mol. The van der Waals surface area contributed by atoms with Crippen LogP contribution in [0.25, 0.3) is 17.0 Å². The Kier molecular flexibility index (Phi) is 4.57. The molecule has 0 aliphatic heterocycles. The zero-order valence-electron chi connectivity index (χ0n) is 15.2. The van der Waals surface area contributed by atoms with Crippen LogP contribution in [0.1, 0.15) is 21.5 Å². The summed E-state index contributed by atoms with van der Waals surface area (Å²) in [5.74, 6) is -0.251. The fourth-order valence-electron chi connectivity index (χ4n) is 2.99. The topological polar surface area (TPSA) is 59.3 Å². The van der Waals surface area contributed by atoms with Crippen LogP contribution in [0.15, 0.2) is 55.0 Å². The lowest BCUT2D eigenvalue weighted by Crippen LogP contribution is -2.14. The van der Waals surface area contributed by atoms with Crippen LogP contribution in [-0.2, 0) is 0 Å². The second kappa shape index (κ2) is 7.05. The lowest BCUT2D eigenvalue weighted by Gasteiger charge is -2.11. The minimum absolute atomic E-state index is 0.215. The number of fused-ring (bicyclic) bond motifs is 1. The van der Waals surface area contributed by atoms with Crippen molar-refractivity contribution < 1.29 is 9.18 Å². The van der Waals surface area contributed by atoms with Gasteiger partial charge in [0.25, 0.3) is 5.91 Å². The van der Waals surface area contributed by atoms with Gasteiger partial charge in [0.15, 0.2) is 5.82 Å². The van der Waals surface area contributed by atoms with E-state index in [-0.39, 0.29) is 5.91 Å². The number of imidazole rings is 1. The third-order valence-corrected chi connectivity index (χ3v) is 4.73. The number of halogens is 2. The van der Waals surface area contributed by atoms with Gasteiger partial charge in [-0.25, -0.2) is 14.4 Å². The van der Waals surface area contributed by atoms with E-state index in [2.05, 4.69) is 15.3 Å². The largest absolute Gasteiger partial charge is 0.322 e. The van der Waals surface area contributed by atoms with Gasteiger partial charge in [0.1, 0.15) is 0 Å². The van der Waals surface area contributed by atoms with E-state index in [0.29, 0.717) is 27.7 Å². The van der Waals surface area contributed by atoms with Crippen molar-refractivity contribution >= 4 is 29.0 Å². The molecule has 0 bridgehead atoms. The Morgan fingerprint density at radius 1 is 1.11 bits per heavy atom. The Bertz CT molecular complexity index is 1220. The quantitative estimate of drug-likeness (QED) is 0.528. The third kappa shape index (κ3) is 3.46. The molecule has 2 aromatic heterocycles. The summed E-state index contributed by atoms with van der Waals surface area (Å²) in [5, 5.41) is 3.53. The molecule has 0 radical (unpaired) electrons. The SMILES string of the molecule is Cc1ccc(-c2cn3cc(F)cnc3n2)cc1NC(=O)c1ccc(Cl)cc1C. The summed E-state index contributed by atoms with van der Waals surface area (Å²) in [6, 6.07) is 10.8. The second-order valence-corrected chi connectivity index (χ2v) is 6.99. The van der Waals surface area contributed by atoms with Crippen molar-refractivity contribution in [3.05, 3.63) is 82.5 Å². The number of rotatable bonds is 3. The molecule has 0 saturated carbocycles. The molecule has 0 fully saturated rings. The molecule has 140 valence electrons. The lowest BCUT2D eigenvalue weighted by molar-refractivity contribution is 0.102. The fraction of sp³-hybridized carbons (Fsp3) is 0.0952. The molecule has 28 heavy (non-hydrogen) atoms. The Morgan fingerprint density at radius 3 is 2.71 bits per heavy atom. The number of aryl methyl sites for hydroxylation is 2. The van der Waals surface area contributed by atoms with E-state index in [9.17, 15) is 9.18 Å². The maximum atomic E-state index is 13.4. The zero-order chi connectivity index (χ0) is 19.8. The molecule has 5 nitrogen and oxygen atoms in total. The summed E-state index contributed by atoms with van der Waals surface area (Å²) in [4.78, 5) is 21.1. The number of nitrogens with zero attached hydrogens (tertiary/aromatic N) is 3. The first-order valence-electron chi connectivity index (χ1n) is 8.59. The van der Waals surface area contributed by atoms with Gasteiger partial charge in [0.05, 0.1) is 11.9 Å². The van der Waals surface area contributed by atoms with Crippen molar-refractivity contribution in [1.29, 1.82) is 0 Å². The van der Waals surface area contributed by atoms with Gasteiger partial charge < -0.3 is 5.32 Å². The summed E-state index contributed by atoms with van der Waals surface area (Å²) >= 11 is 5.97. The minimum Gasteiger partial charge on any atom is -0.322 e. The average Bonchev–Trinajstić information content (AvgIpc) is 3.06. The summed E-state index contributed by atoms with van der Waals surface area (Å²) in [5.41, 5.74) is 4.37. The Balaban J connectivity index is 1.67. The molecule has 4 aromatic rings. The normalized spacial score (nSPS) is 11.0. The molecule has 0 atom stereocenters. The van der Waals surface area contributed by atoms with Gasteiger partial charge in [-0.05, 0) is 49.2 Å². The zero-order valence-corrected chi connectivity index (χ0v) is 16.0. The first kappa shape index (κ1) is 18.1. The fourth-order valence-corrected chi connectivity index (χ4v) is 3.21. The number of hydrogen-bond acceptors (Lipinski definition) is 3. The van der Waals surface area contributed by atoms with Crippen LogP contribution in [-0.4, -0.2) is 20.3 Å². The molecule has 1 N–H and O–H groups in total. The highest BCUT2D eigenvalue weighted by atomic mass is 35.5. The number of hydrogen-bond donors (Lipinski definition) is 1. The van der Waals surface area contributed by atoms with Crippen molar-refractivity contribution in [3.63, 3.8) is 0 Å². The van der Waals surface area contributed by atoms with E-state index in [1.165, 1.54) is 10.6 Å². The van der Waals surface area contributed by atoms with Gasteiger partial charge in [-0.3, -0.25) is 9.20 Å². The first-order valence-corrected chi connectivity index (χ1v) is 8.97. The van der Waals surface area contributed by atoms with E-state index in [0.717, 1.165) is 22.9 Å². The summed E-state index contributed by atoms with van der Waals surface area (Å²) in [7, 11) is 0. The molecule has 0 aliphatic carbocycles. The monoisotopic (exact) mass is 394 g/mol. The van der Waals surface area contributed by atoms with Crippen molar-refractivity contribution in [1.82, 2.24) is 14.4 Å². The average molecular weight is 395 g/mol. The van der Waals surface area contributed by atoms with Crippen LogP contribution in [0.5, 0.6) is 0 Å². The van der Waals surface area contributed by atoms with Gasteiger partial charge in [-0.1, -0.05) is 23.7 Å². The summed E-state index contributed by atoms with van der Waals surface area (Å²) in [6.07, 6.45) is 4.14. The van der Waals surface area contributed by atoms with Crippen molar-refractivity contribution in [2.24, 2.45) is 0 Å². The van der Waals surface area contributed by atoms with Crippen LogP contribution >= 0.6 is 11.6 Å². The number of nitrogens with one attached hydrogen (secondary N) is 1. The molecular weight excluding hydrogens is 379 g/mol. The summed E-state index contributed by atoms with van der Waals surface area (Å²) < 4.78 is 14.9. The highest BCUT2D eigenvalue weighted by Gasteiger charge is 2.13. The smallest absolute Gasteiger partial charge is 0.255 e. The number of anilines is 1. The molecular formula is C21H16ClFN4O. The Labute approximate surface area is 165 Å². The van der Waals surface area contributed by atoms with Crippen LogP contribution in [0.2, 0.25) is 5.02 Å². The van der Waals surface area contributed by atoms with Crippen LogP contribution < -0.4 is 5.32 Å². The van der Waals surface area contributed by atoms with Crippen molar-refractivity contribution in [2.45, 2.75) is 13.8 Å². The van der Waals surface area contributed by atoms with Gasteiger partial charge >= 0.3 is 0 Å². The van der Waals surface area contributed by atoms with Crippen LogP contribution in [0, 0.1) is 19.7 Å². The van der Waals surface area contributed by atoms with E-state index in [1.807, 2.05) is 32.0 Å². The minimum atomic E-state index is -0.438. The van der Waals surface area contributed by atoms with Gasteiger partial charge in [-0.15, -0.1) is 0 Å². The maximum Gasteiger partial charge on any atom is 0.255 e. The molecule has 2 aromatic carbocycles. The molecule has 1 amide bonds. The molecule has 4 rings (SSSR count). The van der Waals surface area contributed by atoms with Crippen LogP contribution in [0.3, 0.4) is 0 Å². The highest BCUT2D eigenvalue weighted by molar-refractivity contribution is 6.30. The molecule has 0 saturated heterocycles. The third-order valence-electron chi connectivity index (χ3n) is 4.49. The highest BCUT2D eigenvalue weighted by Crippen LogP contribution is 2.26. The molecule has 0 unspecified atom stereocenters. The van der Waals surface area contributed by atoms with Crippen molar-refractivity contribution in [3.8, 4) is 11.3 Å². The molecule has 2 heterocycles. The number of benzene rings is 2. The molecule has 0 spiro atoms. The number of aromatic nitrogens is 3. The number of carbonyl (C=O) groups is 1. The van der Waals surface area contributed by atoms with E-state index in [1.54, 1.807) is 24.4 Å². The maximum absolute atomic E-state index is 13.4. The Hall–Kier alpha value is -3.25. The standard InChI is InChI=1S/C21H16ClFN4O/c1-12-3-4-14(19-11-27-10-16(23)9-24-21(27)26-19)8-18(12)25-20(28)17-6-5-15(22)7-13(17)2/h3-11H,1-2H3,(H,25,28). The van der Waals surface area contributed by atoms with Crippen LogP contribution in [0.4, 0.5) is 10.1 Å². The van der Waals surface area contributed by atoms with Gasteiger partial charge in [0.2, 0.25) is 5.78 Å². The first-order chi connectivity index (χ1) is 13.4. The molecule has 7 heteroatoms. The Morgan fingerprint density at radius 2 is 1.93 bits per heavy atom. The van der Waals surface area contributed by atoms with E-state index < -0.39 is 5.82 Å². The summed E-state index contributed by atoms with van der Waals surface area (Å²) in [6.45, 7) is 3.75. The van der Waals surface area contributed by atoms with Crippen molar-refractivity contribution in [2.75, 3.05) is 5.32 Å². The number of amides is 1. The van der Waals surface area contributed by atoms with E-state index >= 15 is 0 Å². The molecule has 0 aliphatic rings. The van der Waals surface area contributed by atoms with Gasteiger partial charge in [0, 0.05) is 34.2 Å². The second-order valence-electron chi connectivity index (χ2n) is 6.55. The lowest BCUT2D eigenvalue weighted by atomic mass is 10.1. The van der Waals surface area contributed by atoms with E-state index in [4.69, 9.17) is 11.6 Å². The number of carbonyl (C=O) groups excluding carboxylic acids is 1.